The highest BCUT2D eigenvalue weighted by Gasteiger charge is 2.35. The van der Waals surface area contributed by atoms with Gasteiger partial charge in [-0.1, -0.05) is 13.8 Å². The van der Waals surface area contributed by atoms with Crippen LogP contribution in [0.25, 0.3) is 0 Å². The number of rotatable bonds is 6. The molecule has 0 aromatic heterocycles. The Kier molecular flexibility index (Phi) is 6.24. The lowest BCUT2D eigenvalue weighted by molar-refractivity contribution is -0.129. The zero-order valence-electron chi connectivity index (χ0n) is 11.8. The standard InChI is InChI=1S/C13H25N3O3/c1-10(2)9-16-11(17)3-6-15-12(18)13(14)4-7-19-8-5-13/h10H,3-9,14H2,1-2H3,(H,15,18)(H,16,17). The van der Waals surface area contributed by atoms with Crippen LogP contribution in [0.4, 0.5) is 0 Å². The van der Waals surface area contributed by atoms with Crippen molar-refractivity contribution >= 4 is 11.8 Å². The van der Waals surface area contributed by atoms with Crippen molar-refractivity contribution in [3.63, 3.8) is 0 Å². The van der Waals surface area contributed by atoms with E-state index in [0.717, 1.165) is 0 Å². The van der Waals surface area contributed by atoms with Gasteiger partial charge in [-0.15, -0.1) is 0 Å². The molecule has 110 valence electrons. The van der Waals surface area contributed by atoms with E-state index in [9.17, 15) is 9.59 Å². The van der Waals surface area contributed by atoms with Crippen molar-refractivity contribution < 1.29 is 14.3 Å². The molecule has 4 N–H and O–H groups in total. The number of ether oxygens (including phenoxy) is 1. The molecule has 1 aliphatic rings. The first-order valence-corrected chi connectivity index (χ1v) is 6.85. The third kappa shape index (κ3) is 5.57. The third-order valence-corrected chi connectivity index (χ3v) is 3.18. The van der Waals surface area contributed by atoms with Crippen LogP contribution in [0, 0.1) is 5.92 Å². The van der Waals surface area contributed by atoms with Crippen LogP contribution in [0.3, 0.4) is 0 Å². The lowest BCUT2D eigenvalue weighted by Gasteiger charge is -2.31. The maximum atomic E-state index is 11.9. The molecule has 1 heterocycles. The molecule has 0 aromatic rings. The number of nitrogens with one attached hydrogen (secondary N) is 2. The van der Waals surface area contributed by atoms with Gasteiger partial charge in [0.15, 0.2) is 0 Å². The Morgan fingerprint density at radius 2 is 1.89 bits per heavy atom. The Hall–Kier alpha value is -1.14. The molecule has 1 rings (SSSR count). The van der Waals surface area contributed by atoms with E-state index < -0.39 is 5.54 Å². The first kappa shape index (κ1) is 15.9. The second-order valence-corrected chi connectivity index (χ2v) is 5.47. The molecule has 0 bridgehead atoms. The summed E-state index contributed by atoms with van der Waals surface area (Å²) in [5.74, 6) is 0.188. The first-order chi connectivity index (χ1) is 8.94. The van der Waals surface area contributed by atoms with Gasteiger partial charge in [0.2, 0.25) is 11.8 Å². The average molecular weight is 271 g/mol. The van der Waals surface area contributed by atoms with Crippen molar-refractivity contribution in [1.82, 2.24) is 10.6 Å². The SMILES string of the molecule is CC(C)CNC(=O)CCNC(=O)C1(N)CCOCC1. The minimum atomic E-state index is -0.841. The Balaban J connectivity index is 2.21. The molecule has 1 aliphatic heterocycles. The summed E-state index contributed by atoms with van der Waals surface area (Å²) in [6.07, 6.45) is 1.34. The van der Waals surface area contributed by atoms with Crippen molar-refractivity contribution in [2.24, 2.45) is 11.7 Å². The van der Waals surface area contributed by atoms with Crippen LogP contribution in [0.1, 0.15) is 33.1 Å². The van der Waals surface area contributed by atoms with Gasteiger partial charge in [-0.3, -0.25) is 9.59 Å². The summed E-state index contributed by atoms with van der Waals surface area (Å²) in [5, 5.41) is 5.53. The van der Waals surface area contributed by atoms with Gasteiger partial charge < -0.3 is 21.1 Å². The van der Waals surface area contributed by atoms with Gasteiger partial charge in [-0.05, 0) is 18.8 Å². The summed E-state index contributed by atoms with van der Waals surface area (Å²) in [7, 11) is 0. The Morgan fingerprint density at radius 1 is 1.26 bits per heavy atom. The molecule has 2 amide bonds. The molecule has 0 aromatic carbocycles. The van der Waals surface area contributed by atoms with Gasteiger partial charge >= 0.3 is 0 Å². The van der Waals surface area contributed by atoms with Crippen molar-refractivity contribution in [3.8, 4) is 0 Å². The molecule has 1 saturated heterocycles. The molecular weight excluding hydrogens is 246 g/mol. The highest BCUT2D eigenvalue weighted by molar-refractivity contribution is 5.86. The summed E-state index contributed by atoms with van der Waals surface area (Å²) in [6.45, 7) is 6.07. The number of carbonyl (C=O) groups excluding carboxylic acids is 2. The normalized spacial score (nSPS) is 18.1. The van der Waals surface area contributed by atoms with Crippen molar-refractivity contribution in [3.05, 3.63) is 0 Å². The molecule has 0 unspecified atom stereocenters. The average Bonchev–Trinajstić information content (AvgIpc) is 2.37. The summed E-state index contributed by atoms with van der Waals surface area (Å²) in [5.41, 5.74) is 5.18. The topological polar surface area (TPSA) is 93.5 Å². The van der Waals surface area contributed by atoms with Gasteiger partial charge in [0.25, 0.3) is 0 Å². The highest BCUT2D eigenvalue weighted by Crippen LogP contribution is 2.17. The predicted octanol–water partition coefficient (Wildman–Crippen LogP) is -0.227. The third-order valence-electron chi connectivity index (χ3n) is 3.18. The fourth-order valence-electron chi connectivity index (χ4n) is 1.83. The van der Waals surface area contributed by atoms with Gasteiger partial charge in [0.05, 0.1) is 5.54 Å². The van der Waals surface area contributed by atoms with E-state index in [1.807, 2.05) is 13.8 Å². The Bertz CT molecular complexity index is 312. The Morgan fingerprint density at radius 3 is 2.47 bits per heavy atom. The molecule has 0 saturated carbocycles. The molecule has 0 radical (unpaired) electrons. The van der Waals surface area contributed by atoms with E-state index >= 15 is 0 Å². The molecular formula is C13H25N3O3. The van der Waals surface area contributed by atoms with E-state index in [1.54, 1.807) is 0 Å². The van der Waals surface area contributed by atoms with Crippen LogP contribution in [0.2, 0.25) is 0 Å². The van der Waals surface area contributed by atoms with E-state index in [-0.39, 0.29) is 18.2 Å². The van der Waals surface area contributed by atoms with Crippen molar-refractivity contribution in [2.75, 3.05) is 26.3 Å². The zero-order chi connectivity index (χ0) is 14.3. The molecule has 0 aliphatic carbocycles. The smallest absolute Gasteiger partial charge is 0.240 e. The molecule has 6 nitrogen and oxygen atoms in total. The molecule has 6 heteroatoms. The van der Waals surface area contributed by atoms with Crippen molar-refractivity contribution in [1.29, 1.82) is 0 Å². The number of hydrogen-bond donors (Lipinski definition) is 3. The minimum absolute atomic E-state index is 0.0490. The molecule has 1 fully saturated rings. The van der Waals surface area contributed by atoms with Crippen LogP contribution in [0.5, 0.6) is 0 Å². The van der Waals surface area contributed by atoms with Crippen LogP contribution in [-0.4, -0.2) is 43.7 Å². The largest absolute Gasteiger partial charge is 0.381 e. The maximum absolute atomic E-state index is 11.9. The van der Waals surface area contributed by atoms with Crippen LogP contribution >= 0.6 is 0 Å². The zero-order valence-corrected chi connectivity index (χ0v) is 11.8. The van der Waals surface area contributed by atoms with Gasteiger partial charge in [0.1, 0.15) is 0 Å². The van der Waals surface area contributed by atoms with Crippen molar-refractivity contribution in [2.45, 2.75) is 38.6 Å². The highest BCUT2D eigenvalue weighted by atomic mass is 16.5. The maximum Gasteiger partial charge on any atom is 0.240 e. The fraction of sp³-hybridized carbons (Fsp3) is 0.846. The van der Waals surface area contributed by atoms with Crippen LogP contribution in [-0.2, 0) is 14.3 Å². The second kappa shape index (κ2) is 7.45. The van der Waals surface area contributed by atoms with E-state index in [0.29, 0.717) is 45.1 Å². The van der Waals surface area contributed by atoms with Gasteiger partial charge in [0, 0.05) is 32.7 Å². The van der Waals surface area contributed by atoms with Gasteiger partial charge in [-0.2, -0.15) is 0 Å². The number of nitrogens with two attached hydrogens (primary N) is 1. The first-order valence-electron chi connectivity index (χ1n) is 6.85. The summed E-state index contributed by atoms with van der Waals surface area (Å²) in [4.78, 5) is 23.4. The monoisotopic (exact) mass is 271 g/mol. The summed E-state index contributed by atoms with van der Waals surface area (Å²) >= 11 is 0. The number of hydrogen-bond acceptors (Lipinski definition) is 4. The lowest BCUT2D eigenvalue weighted by atomic mass is 9.90. The summed E-state index contributed by atoms with van der Waals surface area (Å²) in [6, 6.07) is 0. The molecule has 0 atom stereocenters. The quantitative estimate of drug-likeness (QED) is 0.622. The fourth-order valence-corrected chi connectivity index (χ4v) is 1.83. The number of amides is 2. The van der Waals surface area contributed by atoms with Crippen LogP contribution < -0.4 is 16.4 Å². The van der Waals surface area contributed by atoms with E-state index in [2.05, 4.69) is 10.6 Å². The summed E-state index contributed by atoms with van der Waals surface area (Å²) < 4.78 is 5.19. The Labute approximate surface area is 114 Å². The van der Waals surface area contributed by atoms with E-state index in [4.69, 9.17) is 10.5 Å². The van der Waals surface area contributed by atoms with Crippen LogP contribution in [0.15, 0.2) is 0 Å². The van der Waals surface area contributed by atoms with E-state index in [1.165, 1.54) is 0 Å². The number of carbonyl (C=O) groups is 2. The molecule has 0 spiro atoms. The van der Waals surface area contributed by atoms with Gasteiger partial charge in [-0.25, -0.2) is 0 Å². The predicted molar refractivity (Wildman–Crippen MR) is 72.4 cm³/mol. The molecule has 19 heavy (non-hydrogen) atoms. The minimum Gasteiger partial charge on any atom is -0.381 e. The lowest BCUT2D eigenvalue weighted by Crippen LogP contribution is -2.57. The second-order valence-electron chi connectivity index (χ2n) is 5.47.